The molecule has 10 nitrogen and oxygen atoms in total. The minimum Gasteiger partial charge on any atom is -0.384 e. The van der Waals surface area contributed by atoms with Gasteiger partial charge in [0.1, 0.15) is 45.0 Å². The van der Waals surface area contributed by atoms with E-state index >= 15 is 0 Å². The lowest BCUT2D eigenvalue weighted by atomic mass is 9.72. The van der Waals surface area contributed by atoms with E-state index in [2.05, 4.69) is 11.0 Å². The lowest BCUT2D eigenvalue weighted by molar-refractivity contribution is -0.162. The van der Waals surface area contributed by atoms with E-state index in [0.717, 1.165) is 35.7 Å². The van der Waals surface area contributed by atoms with Gasteiger partial charge in [0.25, 0.3) is 5.91 Å². The zero-order valence-electron chi connectivity index (χ0n) is 25.8. The van der Waals surface area contributed by atoms with Gasteiger partial charge in [0.05, 0.1) is 16.9 Å². The van der Waals surface area contributed by atoms with Gasteiger partial charge in [-0.15, -0.1) is 0 Å². The van der Waals surface area contributed by atoms with E-state index in [4.69, 9.17) is 15.0 Å². The lowest BCUT2D eigenvalue weighted by Crippen LogP contribution is -2.74. The van der Waals surface area contributed by atoms with Crippen molar-refractivity contribution in [3.63, 3.8) is 0 Å². The van der Waals surface area contributed by atoms with Gasteiger partial charge in [-0.3, -0.25) is 4.79 Å². The third-order valence-corrected chi connectivity index (χ3v) is 10.3. The number of nitrogens with zero attached hydrogens (tertiary/aromatic N) is 7. The third kappa shape index (κ3) is 4.72. The average molecular weight is 628 g/mol. The number of rotatable bonds is 5. The molecule has 1 spiro atoms. The number of aryl methyl sites for hydroxylation is 1. The molecule has 0 unspecified atom stereocenters. The molecule has 12 heteroatoms. The van der Waals surface area contributed by atoms with Crippen LogP contribution < -0.4 is 9.80 Å². The number of amides is 1. The van der Waals surface area contributed by atoms with Crippen LogP contribution in [0.2, 0.25) is 0 Å². The highest BCUT2D eigenvalue weighted by Gasteiger charge is 2.55. The minimum atomic E-state index is -1.38. The Morgan fingerprint density at radius 2 is 1.82 bits per heavy atom. The highest BCUT2D eigenvalue weighted by Crippen LogP contribution is 2.48. The van der Waals surface area contributed by atoms with Crippen LogP contribution in [0, 0.1) is 29.5 Å². The van der Waals surface area contributed by atoms with Crippen LogP contribution in [0.3, 0.4) is 0 Å². The van der Waals surface area contributed by atoms with Crippen molar-refractivity contribution in [3.05, 3.63) is 57.8 Å². The summed E-state index contributed by atoms with van der Waals surface area (Å²) in [4.78, 5) is 33.7. The first-order chi connectivity index (χ1) is 21.2. The van der Waals surface area contributed by atoms with Crippen LogP contribution >= 0.6 is 11.3 Å². The van der Waals surface area contributed by atoms with E-state index in [-0.39, 0.29) is 17.1 Å². The fraction of sp³-hybridized carbons (Fsp3) is 0.424. The van der Waals surface area contributed by atoms with Crippen molar-refractivity contribution >= 4 is 44.9 Å². The summed E-state index contributed by atoms with van der Waals surface area (Å²) in [7, 11) is 1.89. The molecule has 0 saturated carbocycles. The van der Waals surface area contributed by atoms with Gasteiger partial charge in [-0.05, 0) is 76.4 Å². The first kappa shape index (κ1) is 29.5. The highest BCUT2D eigenvalue weighted by atomic mass is 32.1. The number of thiazole rings is 1. The smallest absolute Gasteiger partial charge is 0.253 e. The number of hydrogen-bond acceptors (Lipinski definition) is 10. The van der Waals surface area contributed by atoms with E-state index in [1.54, 1.807) is 24.0 Å². The summed E-state index contributed by atoms with van der Waals surface area (Å²) >= 11 is 1.25. The van der Waals surface area contributed by atoms with Gasteiger partial charge in [0.15, 0.2) is 5.13 Å². The predicted octanol–water partition coefficient (Wildman–Crippen LogP) is 4.41. The van der Waals surface area contributed by atoms with E-state index < -0.39 is 11.2 Å². The number of pyridine rings is 2. The maximum absolute atomic E-state index is 13.6. The predicted molar refractivity (Wildman–Crippen MR) is 170 cm³/mol. The average Bonchev–Trinajstić information content (AvgIpc) is 3.50. The SMILES string of the molecule is Cc1cc(N2CC3(CN(C(=O)C(C)(C)O)C3)C2)nc2c(N(C)c3nc(-c4ccc(F)cc4)c(C#N)s3)c3c(nc12)[C@@](C)(O)CC3. The van der Waals surface area contributed by atoms with Crippen LogP contribution in [-0.2, 0) is 16.8 Å². The standard InChI is InChI=1S/C33H34FN7O3S/c1-18-12-23(40-14-33(15-40)16-41(17-33)29(42)31(2,3)43)36-26-24(18)37-28-21(10-11-32(28,4)44)27(26)39(5)30-38-25(22(13-35)45-30)19-6-8-20(34)9-7-19/h6-9,12,43-44H,10-11,14-17H2,1-5H3/t32-/m0/s1. The fourth-order valence-corrected chi connectivity index (χ4v) is 7.78. The van der Waals surface area contributed by atoms with Crippen molar-refractivity contribution < 1.29 is 19.4 Å². The zero-order valence-corrected chi connectivity index (χ0v) is 26.7. The molecule has 0 bridgehead atoms. The normalized spacial score (nSPS) is 20.2. The molecule has 0 radical (unpaired) electrons. The first-order valence-electron chi connectivity index (χ1n) is 14.9. The van der Waals surface area contributed by atoms with E-state index in [1.807, 2.05) is 24.9 Å². The molecule has 1 atom stereocenters. The Hall–Kier alpha value is -4.18. The van der Waals surface area contributed by atoms with Crippen LogP contribution in [0.25, 0.3) is 22.3 Å². The molecule has 1 aliphatic carbocycles. The number of aromatic nitrogens is 3. The number of aliphatic hydroxyl groups is 2. The summed E-state index contributed by atoms with van der Waals surface area (Å²) in [6.45, 7) is 9.53. The van der Waals surface area contributed by atoms with Crippen LogP contribution in [0.4, 0.5) is 21.0 Å². The van der Waals surface area contributed by atoms with Crippen molar-refractivity contribution in [2.75, 3.05) is 43.0 Å². The van der Waals surface area contributed by atoms with Gasteiger partial charge in [0.2, 0.25) is 0 Å². The Morgan fingerprint density at radius 1 is 1.13 bits per heavy atom. The molecule has 2 fully saturated rings. The quantitative estimate of drug-likeness (QED) is 0.331. The van der Waals surface area contributed by atoms with Crippen molar-refractivity contribution in [3.8, 4) is 17.3 Å². The monoisotopic (exact) mass is 627 g/mol. The molecule has 2 N–H and O–H groups in total. The van der Waals surface area contributed by atoms with Gasteiger partial charge in [0, 0.05) is 49.8 Å². The number of carbonyl (C=O) groups is 1. The Balaban J connectivity index is 1.27. The van der Waals surface area contributed by atoms with Gasteiger partial charge >= 0.3 is 0 Å². The van der Waals surface area contributed by atoms with E-state index in [0.29, 0.717) is 63.9 Å². The van der Waals surface area contributed by atoms with Gasteiger partial charge < -0.3 is 24.9 Å². The number of hydrogen-bond donors (Lipinski definition) is 2. The maximum Gasteiger partial charge on any atom is 0.253 e. The van der Waals surface area contributed by atoms with Crippen LogP contribution in [0.5, 0.6) is 0 Å². The zero-order chi connectivity index (χ0) is 32.1. The fourth-order valence-electron chi connectivity index (χ4n) is 6.93. The van der Waals surface area contributed by atoms with Crippen molar-refractivity contribution in [2.45, 2.75) is 51.7 Å². The second-order valence-corrected chi connectivity index (χ2v) is 14.5. The Bertz CT molecular complexity index is 1910. The molecule has 7 rings (SSSR count). The van der Waals surface area contributed by atoms with Crippen molar-refractivity contribution in [1.82, 2.24) is 19.9 Å². The molecule has 4 aromatic rings. The first-order valence-corrected chi connectivity index (χ1v) is 15.8. The van der Waals surface area contributed by atoms with Gasteiger partial charge in [-0.2, -0.15) is 5.26 Å². The lowest BCUT2D eigenvalue weighted by Gasteiger charge is -2.61. The van der Waals surface area contributed by atoms with Crippen molar-refractivity contribution in [1.29, 1.82) is 5.26 Å². The Morgan fingerprint density at radius 3 is 2.47 bits per heavy atom. The molecule has 232 valence electrons. The Labute approximate surface area is 264 Å². The molecule has 1 amide bonds. The van der Waals surface area contributed by atoms with Crippen LogP contribution in [0.15, 0.2) is 30.3 Å². The number of halogens is 1. The third-order valence-electron chi connectivity index (χ3n) is 9.26. The molecule has 3 aromatic heterocycles. The van der Waals surface area contributed by atoms with E-state index in [9.17, 15) is 24.7 Å². The molecule has 2 saturated heterocycles. The molecular formula is C33H34FN7O3S. The number of carbonyl (C=O) groups excluding carboxylic acids is 1. The number of nitriles is 1. The Kier molecular flexibility index (Phi) is 6.50. The summed E-state index contributed by atoms with van der Waals surface area (Å²) in [6, 6.07) is 10.2. The summed E-state index contributed by atoms with van der Waals surface area (Å²) in [5.74, 6) is 0.195. The van der Waals surface area contributed by atoms with Gasteiger partial charge in [-0.25, -0.2) is 19.3 Å². The molecular weight excluding hydrogens is 593 g/mol. The minimum absolute atomic E-state index is 0.00863. The topological polar surface area (TPSA) is 130 Å². The second kappa shape index (κ2) is 9.91. The summed E-state index contributed by atoms with van der Waals surface area (Å²) in [6.07, 6.45) is 1.13. The number of anilines is 3. The molecule has 2 aliphatic heterocycles. The van der Waals surface area contributed by atoms with Crippen LogP contribution in [0.1, 0.15) is 48.9 Å². The van der Waals surface area contributed by atoms with E-state index in [1.165, 1.54) is 37.3 Å². The highest BCUT2D eigenvalue weighted by molar-refractivity contribution is 7.16. The summed E-state index contributed by atoms with van der Waals surface area (Å²) < 4.78 is 13.6. The van der Waals surface area contributed by atoms with Crippen LogP contribution in [-0.4, -0.2) is 74.8 Å². The molecule has 1 aromatic carbocycles. The number of likely N-dealkylation sites (tertiary alicyclic amines) is 1. The molecule has 5 heterocycles. The summed E-state index contributed by atoms with van der Waals surface area (Å²) in [5, 5.41) is 31.9. The largest absolute Gasteiger partial charge is 0.384 e. The molecule has 3 aliphatic rings. The van der Waals surface area contributed by atoms with Gasteiger partial charge in [-0.1, -0.05) is 11.3 Å². The number of fused-ring (bicyclic) bond motifs is 2. The summed E-state index contributed by atoms with van der Waals surface area (Å²) in [5.41, 5.74) is 3.28. The maximum atomic E-state index is 13.6. The second-order valence-electron chi connectivity index (χ2n) is 13.5. The van der Waals surface area contributed by atoms with Crippen molar-refractivity contribution in [2.24, 2.45) is 5.41 Å². The number of benzene rings is 1. The molecule has 45 heavy (non-hydrogen) atoms.